The van der Waals surface area contributed by atoms with Crippen LogP contribution >= 0.6 is 11.3 Å². The lowest BCUT2D eigenvalue weighted by atomic mass is 10.2. The number of hydrogen-bond donors (Lipinski definition) is 1. The van der Waals surface area contributed by atoms with E-state index in [0.29, 0.717) is 17.2 Å². The molecule has 23 heavy (non-hydrogen) atoms. The second kappa shape index (κ2) is 6.29. The molecule has 3 heterocycles. The second-order valence-electron chi connectivity index (χ2n) is 5.06. The first kappa shape index (κ1) is 15.4. The van der Waals surface area contributed by atoms with Gasteiger partial charge in [0.15, 0.2) is 0 Å². The molecule has 0 aliphatic heterocycles. The van der Waals surface area contributed by atoms with Gasteiger partial charge in [-0.1, -0.05) is 6.07 Å². The Morgan fingerprint density at radius 1 is 1.35 bits per heavy atom. The van der Waals surface area contributed by atoms with E-state index >= 15 is 0 Å². The minimum absolute atomic E-state index is 0.346. The van der Waals surface area contributed by atoms with Crippen LogP contribution in [0, 0.1) is 13.8 Å². The first-order chi connectivity index (χ1) is 11.1. The first-order valence-electron chi connectivity index (χ1n) is 7.09. The lowest BCUT2D eigenvalue weighted by Crippen LogP contribution is -2.04. The highest BCUT2D eigenvalue weighted by molar-refractivity contribution is 7.20. The van der Waals surface area contributed by atoms with E-state index in [2.05, 4.69) is 20.3 Å². The van der Waals surface area contributed by atoms with Gasteiger partial charge in [-0.3, -0.25) is 4.98 Å². The quantitative estimate of drug-likeness (QED) is 0.742. The van der Waals surface area contributed by atoms with Gasteiger partial charge in [0.1, 0.15) is 21.3 Å². The number of aryl methyl sites for hydroxylation is 2. The highest BCUT2D eigenvalue weighted by atomic mass is 32.1. The number of carbonyl (C=O) groups excluding carboxylic acids is 1. The predicted molar refractivity (Wildman–Crippen MR) is 89.8 cm³/mol. The van der Waals surface area contributed by atoms with Crippen LogP contribution in [0.4, 0.5) is 5.82 Å². The largest absolute Gasteiger partial charge is 0.465 e. The second-order valence-corrected chi connectivity index (χ2v) is 6.06. The molecule has 1 N–H and O–H groups in total. The number of pyridine rings is 1. The van der Waals surface area contributed by atoms with Crippen molar-refractivity contribution < 1.29 is 9.53 Å². The third-order valence-corrected chi connectivity index (χ3v) is 4.62. The molecule has 3 aromatic rings. The molecular weight excluding hydrogens is 312 g/mol. The molecular formula is C16H16N4O2S. The van der Waals surface area contributed by atoms with Crippen LogP contribution in [0.5, 0.6) is 0 Å². The van der Waals surface area contributed by atoms with Gasteiger partial charge < -0.3 is 10.1 Å². The fourth-order valence-electron chi connectivity index (χ4n) is 2.35. The Morgan fingerprint density at radius 3 is 2.87 bits per heavy atom. The molecule has 118 valence electrons. The van der Waals surface area contributed by atoms with Gasteiger partial charge in [-0.05, 0) is 31.0 Å². The van der Waals surface area contributed by atoms with Crippen molar-refractivity contribution in [3.8, 4) is 0 Å². The van der Waals surface area contributed by atoms with Crippen LogP contribution in [-0.4, -0.2) is 28.0 Å². The predicted octanol–water partition coefficient (Wildman–Crippen LogP) is 3.10. The van der Waals surface area contributed by atoms with Gasteiger partial charge in [0.05, 0.1) is 12.5 Å². The highest BCUT2D eigenvalue weighted by Gasteiger charge is 2.20. The van der Waals surface area contributed by atoms with Crippen LogP contribution in [0.3, 0.4) is 0 Å². The zero-order valence-corrected chi connectivity index (χ0v) is 13.9. The van der Waals surface area contributed by atoms with Crippen molar-refractivity contribution in [1.82, 2.24) is 15.0 Å². The summed E-state index contributed by atoms with van der Waals surface area (Å²) in [7, 11) is 1.38. The molecule has 0 amide bonds. The minimum atomic E-state index is -0.346. The number of anilines is 1. The van der Waals surface area contributed by atoms with Crippen LogP contribution in [0.2, 0.25) is 0 Å². The molecule has 0 spiro atoms. The Balaban J connectivity index is 2.02. The Morgan fingerprint density at radius 2 is 2.17 bits per heavy atom. The summed E-state index contributed by atoms with van der Waals surface area (Å²) in [5.41, 5.74) is 1.89. The molecule has 0 saturated heterocycles. The molecule has 0 aromatic carbocycles. The van der Waals surface area contributed by atoms with Crippen molar-refractivity contribution in [3.63, 3.8) is 0 Å². The van der Waals surface area contributed by atoms with Crippen LogP contribution in [-0.2, 0) is 11.3 Å². The lowest BCUT2D eigenvalue weighted by Gasteiger charge is -2.08. The van der Waals surface area contributed by atoms with Crippen LogP contribution in [0.25, 0.3) is 10.2 Å². The fourth-order valence-corrected chi connectivity index (χ4v) is 3.49. The van der Waals surface area contributed by atoms with Gasteiger partial charge in [-0.15, -0.1) is 11.3 Å². The van der Waals surface area contributed by atoms with E-state index in [9.17, 15) is 4.79 Å². The first-order valence-corrected chi connectivity index (χ1v) is 7.90. The maximum absolute atomic E-state index is 11.9. The van der Waals surface area contributed by atoms with Crippen LogP contribution in [0.1, 0.15) is 26.6 Å². The Bertz CT molecular complexity index is 861. The standard InChI is InChI=1S/C16H16N4O2S/c1-9-12-14(18-8-11-5-4-6-17-7-11)19-10(2)20-15(12)23-13(9)16(21)22-3/h4-7H,8H2,1-3H3,(H,18,19,20). The summed E-state index contributed by atoms with van der Waals surface area (Å²) in [6, 6.07) is 3.88. The van der Waals surface area contributed by atoms with Crippen molar-refractivity contribution in [2.45, 2.75) is 20.4 Å². The summed E-state index contributed by atoms with van der Waals surface area (Å²) < 4.78 is 4.84. The van der Waals surface area contributed by atoms with E-state index in [1.54, 1.807) is 12.4 Å². The summed E-state index contributed by atoms with van der Waals surface area (Å²) in [6.07, 6.45) is 3.54. The van der Waals surface area contributed by atoms with Gasteiger partial charge in [-0.2, -0.15) is 0 Å². The van der Waals surface area contributed by atoms with E-state index < -0.39 is 0 Å². The molecule has 3 aromatic heterocycles. The van der Waals surface area contributed by atoms with E-state index in [-0.39, 0.29) is 5.97 Å². The van der Waals surface area contributed by atoms with Crippen molar-refractivity contribution in [3.05, 3.63) is 46.4 Å². The monoisotopic (exact) mass is 328 g/mol. The number of esters is 1. The average molecular weight is 328 g/mol. The number of hydrogen-bond acceptors (Lipinski definition) is 7. The normalized spacial score (nSPS) is 10.7. The number of nitrogens with one attached hydrogen (secondary N) is 1. The molecule has 0 aliphatic rings. The number of aromatic nitrogens is 3. The molecule has 0 radical (unpaired) electrons. The molecule has 0 saturated carbocycles. The maximum atomic E-state index is 11.9. The summed E-state index contributed by atoms with van der Waals surface area (Å²) in [5, 5.41) is 4.18. The Labute approximate surface area is 137 Å². The van der Waals surface area contributed by atoms with Crippen LogP contribution in [0.15, 0.2) is 24.5 Å². The number of nitrogens with zero attached hydrogens (tertiary/aromatic N) is 3. The van der Waals surface area contributed by atoms with E-state index in [1.165, 1.54) is 18.4 Å². The minimum Gasteiger partial charge on any atom is -0.465 e. The molecule has 0 aliphatic carbocycles. The molecule has 3 rings (SSSR count). The Hall–Kier alpha value is -2.54. The average Bonchev–Trinajstić information content (AvgIpc) is 2.89. The molecule has 6 nitrogen and oxygen atoms in total. The third-order valence-electron chi connectivity index (χ3n) is 3.46. The van der Waals surface area contributed by atoms with E-state index in [1.807, 2.05) is 26.0 Å². The van der Waals surface area contributed by atoms with E-state index in [4.69, 9.17) is 4.74 Å². The van der Waals surface area contributed by atoms with Crippen LogP contribution < -0.4 is 5.32 Å². The van der Waals surface area contributed by atoms with Crippen molar-refractivity contribution in [2.75, 3.05) is 12.4 Å². The summed E-state index contributed by atoms with van der Waals surface area (Å²) in [4.78, 5) is 26.3. The molecule has 0 bridgehead atoms. The number of methoxy groups -OCH3 is 1. The zero-order chi connectivity index (χ0) is 16.4. The molecule has 0 fully saturated rings. The fraction of sp³-hybridized carbons (Fsp3) is 0.250. The Kier molecular flexibility index (Phi) is 4.20. The van der Waals surface area contributed by atoms with Gasteiger partial charge in [0.25, 0.3) is 0 Å². The number of fused-ring (bicyclic) bond motifs is 1. The summed E-state index contributed by atoms with van der Waals surface area (Å²) in [6.45, 7) is 4.32. The van der Waals surface area contributed by atoms with Gasteiger partial charge in [0.2, 0.25) is 0 Å². The highest BCUT2D eigenvalue weighted by Crippen LogP contribution is 2.34. The topological polar surface area (TPSA) is 77.0 Å². The number of rotatable bonds is 4. The zero-order valence-electron chi connectivity index (χ0n) is 13.1. The summed E-state index contributed by atoms with van der Waals surface area (Å²) in [5.74, 6) is 1.03. The van der Waals surface area contributed by atoms with Gasteiger partial charge in [0, 0.05) is 18.9 Å². The molecule has 0 atom stereocenters. The van der Waals surface area contributed by atoms with Crippen molar-refractivity contribution in [2.24, 2.45) is 0 Å². The van der Waals surface area contributed by atoms with Crippen molar-refractivity contribution in [1.29, 1.82) is 0 Å². The number of thiophene rings is 1. The molecule has 0 unspecified atom stereocenters. The number of carbonyl (C=O) groups is 1. The molecule has 7 heteroatoms. The van der Waals surface area contributed by atoms with Gasteiger partial charge in [-0.25, -0.2) is 14.8 Å². The van der Waals surface area contributed by atoms with Crippen molar-refractivity contribution >= 4 is 33.3 Å². The van der Waals surface area contributed by atoms with E-state index in [0.717, 1.165) is 27.2 Å². The SMILES string of the molecule is COC(=O)c1sc2nc(C)nc(NCc3cccnc3)c2c1C. The maximum Gasteiger partial charge on any atom is 0.348 e. The number of ether oxygens (including phenoxy) is 1. The summed E-state index contributed by atoms with van der Waals surface area (Å²) >= 11 is 1.33. The lowest BCUT2D eigenvalue weighted by molar-refractivity contribution is 0.0605. The third kappa shape index (κ3) is 3.00. The van der Waals surface area contributed by atoms with Gasteiger partial charge >= 0.3 is 5.97 Å². The smallest absolute Gasteiger partial charge is 0.348 e.